The summed E-state index contributed by atoms with van der Waals surface area (Å²) < 4.78 is 5.78. The van der Waals surface area contributed by atoms with Crippen LogP contribution >= 0.6 is 23.2 Å². The van der Waals surface area contributed by atoms with Gasteiger partial charge in [-0.3, -0.25) is 0 Å². The first-order valence-corrected chi connectivity index (χ1v) is 7.06. The minimum absolute atomic E-state index is 0.610. The van der Waals surface area contributed by atoms with Gasteiger partial charge in [0.25, 0.3) is 0 Å². The van der Waals surface area contributed by atoms with Crippen molar-refractivity contribution in [3.05, 3.63) is 46.1 Å². The Labute approximate surface area is 123 Å². The van der Waals surface area contributed by atoms with E-state index in [1.54, 1.807) is 6.07 Å². The van der Waals surface area contributed by atoms with Gasteiger partial charge in [-0.2, -0.15) is 0 Å². The van der Waals surface area contributed by atoms with E-state index in [4.69, 9.17) is 27.6 Å². The van der Waals surface area contributed by atoms with Crippen LogP contribution in [0.5, 0.6) is 0 Å². The number of nitrogens with one attached hydrogen (secondary N) is 1. The molecule has 1 heterocycles. The summed E-state index contributed by atoms with van der Waals surface area (Å²) in [4.78, 5) is 0. The topological polar surface area (TPSA) is 25.2 Å². The molecule has 0 unspecified atom stereocenters. The first-order chi connectivity index (χ1) is 9.04. The molecule has 2 nitrogen and oxygen atoms in total. The van der Waals surface area contributed by atoms with E-state index in [0.717, 1.165) is 30.2 Å². The van der Waals surface area contributed by atoms with Crippen molar-refractivity contribution in [2.45, 2.75) is 20.4 Å². The number of benzene rings is 1. The van der Waals surface area contributed by atoms with Crippen molar-refractivity contribution in [2.75, 3.05) is 6.54 Å². The molecule has 0 radical (unpaired) electrons. The van der Waals surface area contributed by atoms with Gasteiger partial charge >= 0.3 is 0 Å². The lowest BCUT2D eigenvalue weighted by atomic mass is 10.2. The van der Waals surface area contributed by atoms with Crippen LogP contribution in [0.15, 0.2) is 34.7 Å². The van der Waals surface area contributed by atoms with Crippen LogP contribution in [0.3, 0.4) is 0 Å². The smallest absolute Gasteiger partial charge is 0.134 e. The molecule has 2 rings (SSSR count). The van der Waals surface area contributed by atoms with Gasteiger partial charge in [0.2, 0.25) is 0 Å². The highest BCUT2D eigenvalue weighted by atomic mass is 35.5. The number of rotatable bonds is 5. The van der Waals surface area contributed by atoms with Crippen LogP contribution in [-0.2, 0) is 6.54 Å². The monoisotopic (exact) mass is 297 g/mol. The zero-order chi connectivity index (χ0) is 13.8. The van der Waals surface area contributed by atoms with E-state index in [-0.39, 0.29) is 0 Å². The largest absolute Gasteiger partial charge is 0.460 e. The Hall–Kier alpha value is -0.960. The highest BCUT2D eigenvalue weighted by Crippen LogP contribution is 2.28. The van der Waals surface area contributed by atoms with Crippen molar-refractivity contribution < 1.29 is 4.42 Å². The van der Waals surface area contributed by atoms with E-state index in [1.807, 2.05) is 24.3 Å². The van der Waals surface area contributed by atoms with E-state index >= 15 is 0 Å². The molecule has 0 fully saturated rings. The van der Waals surface area contributed by atoms with Crippen LogP contribution < -0.4 is 5.32 Å². The molecule has 102 valence electrons. The summed E-state index contributed by atoms with van der Waals surface area (Å²) in [6.45, 7) is 6.05. The molecule has 0 aliphatic rings. The summed E-state index contributed by atoms with van der Waals surface area (Å²) in [6.07, 6.45) is 0. The molecular weight excluding hydrogens is 281 g/mol. The van der Waals surface area contributed by atoms with Gasteiger partial charge in [0, 0.05) is 15.6 Å². The Morgan fingerprint density at radius 2 is 1.79 bits per heavy atom. The van der Waals surface area contributed by atoms with E-state index in [2.05, 4.69) is 19.2 Å². The van der Waals surface area contributed by atoms with Gasteiger partial charge in [-0.1, -0.05) is 37.0 Å². The molecule has 0 amide bonds. The maximum Gasteiger partial charge on any atom is 0.134 e. The van der Waals surface area contributed by atoms with Crippen molar-refractivity contribution >= 4 is 23.2 Å². The third-order valence-corrected chi connectivity index (χ3v) is 3.10. The number of furan rings is 1. The quantitative estimate of drug-likeness (QED) is 0.840. The molecule has 2 aromatic rings. The lowest BCUT2D eigenvalue weighted by molar-refractivity contribution is 0.472. The summed E-state index contributed by atoms with van der Waals surface area (Å²) in [5.74, 6) is 2.32. The van der Waals surface area contributed by atoms with Crippen LogP contribution in [0.1, 0.15) is 19.6 Å². The Morgan fingerprint density at radius 1 is 1.11 bits per heavy atom. The van der Waals surface area contributed by atoms with Gasteiger partial charge in [-0.15, -0.1) is 0 Å². The molecule has 4 heteroatoms. The van der Waals surface area contributed by atoms with E-state index in [1.165, 1.54) is 0 Å². The molecule has 0 spiro atoms. The average molecular weight is 298 g/mol. The summed E-state index contributed by atoms with van der Waals surface area (Å²) in [6, 6.07) is 9.31. The van der Waals surface area contributed by atoms with Crippen LogP contribution in [0.25, 0.3) is 11.3 Å². The first kappa shape index (κ1) is 14.4. The molecule has 1 aromatic carbocycles. The van der Waals surface area contributed by atoms with Crippen LogP contribution in [0.4, 0.5) is 0 Å². The standard InChI is InChI=1S/C15H17Cl2NO/c1-10(2)8-18-9-14-3-4-15(19-14)11-5-12(16)7-13(17)6-11/h3-7,10,18H,8-9H2,1-2H3. The van der Waals surface area contributed by atoms with E-state index < -0.39 is 0 Å². The Balaban J connectivity index is 2.07. The molecule has 19 heavy (non-hydrogen) atoms. The minimum atomic E-state index is 0.610. The fraction of sp³-hybridized carbons (Fsp3) is 0.333. The second-order valence-corrected chi connectivity index (χ2v) is 5.82. The van der Waals surface area contributed by atoms with Gasteiger partial charge in [0.05, 0.1) is 6.54 Å². The molecular formula is C15H17Cl2NO. The van der Waals surface area contributed by atoms with Crippen molar-refractivity contribution in [1.29, 1.82) is 0 Å². The third-order valence-electron chi connectivity index (χ3n) is 2.66. The fourth-order valence-corrected chi connectivity index (χ4v) is 2.33. The normalized spacial score (nSPS) is 11.2. The zero-order valence-corrected chi connectivity index (χ0v) is 12.6. The molecule has 1 aromatic heterocycles. The van der Waals surface area contributed by atoms with E-state index in [9.17, 15) is 0 Å². The van der Waals surface area contributed by atoms with E-state index in [0.29, 0.717) is 16.0 Å². The Morgan fingerprint density at radius 3 is 2.42 bits per heavy atom. The predicted octanol–water partition coefficient (Wildman–Crippen LogP) is 5.00. The first-order valence-electron chi connectivity index (χ1n) is 6.30. The molecule has 0 saturated carbocycles. The molecule has 0 aliphatic carbocycles. The number of hydrogen-bond acceptors (Lipinski definition) is 2. The van der Waals surface area contributed by atoms with Gasteiger partial charge in [0.15, 0.2) is 0 Å². The highest BCUT2D eigenvalue weighted by Gasteiger charge is 2.07. The SMILES string of the molecule is CC(C)CNCc1ccc(-c2cc(Cl)cc(Cl)c2)o1. The summed E-state index contributed by atoms with van der Waals surface area (Å²) in [7, 11) is 0. The molecule has 0 atom stereocenters. The lowest BCUT2D eigenvalue weighted by Gasteiger charge is -2.05. The average Bonchev–Trinajstić information content (AvgIpc) is 2.76. The van der Waals surface area contributed by atoms with Crippen LogP contribution in [-0.4, -0.2) is 6.54 Å². The fourth-order valence-electron chi connectivity index (χ4n) is 1.81. The predicted molar refractivity (Wildman–Crippen MR) is 80.7 cm³/mol. The maximum atomic E-state index is 5.99. The number of halogens is 2. The molecule has 0 aliphatic heterocycles. The summed E-state index contributed by atoms with van der Waals surface area (Å²) in [5.41, 5.74) is 0.896. The van der Waals surface area contributed by atoms with Gasteiger partial charge < -0.3 is 9.73 Å². The summed E-state index contributed by atoms with van der Waals surface area (Å²) >= 11 is 12.0. The maximum absolute atomic E-state index is 5.99. The second kappa shape index (κ2) is 6.47. The van der Waals surface area contributed by atoms with Crippen LogP contribution in [0, 0.1) is 5.92 Å². The molecule has 1 N–H and O–H groups in total. The third kappa shape index (κ3) is 4.27. The Bertz CT molecular complexity index is 529. The highest BCUT2D eigenvalue weighted by molar-refractivity contribution is 6.35. The van der Waals surface area contributed by atoms with Crippen molar-refractivity contribution in [2.24, 2.45) is 5.92 Å². The second-order valence-electron chi connectivity index (χ2n) is 4.95. The molecule has 0 saturated heterocycles. The van der Waals surface area contributed by atoms with Crippen molar-refractivity contribution in [1.82, 2.24) is 5.32 Å². The Kier molecular flexibility index (Phi) is 4.92. The minimum Gasteiger partial charge on any atom is -0.460 e. The molecule has 0 bridgehead atoms. The van der Waals surface area contributed by atoms with Crippen LogP contribution in [0.2, 0.25) is 10.0 Å². The summed E-state index contributed by atoms with van der Waals surface area (Å²) in [5, 5.41) is 4.56. The van der Waals surface area contributed by atoms with Gasteiger partial charge in [-0.05, 0) is 42.8 Å². The lowest BCUT2D eigenvalue weighted by Crippen LogP contribution is -2.18. The number of hydrogen-bond donors (Lipinski definition) is 1. The van der Waals surface area contributed by atoms with Crippen molar-refractivity contribution in [3.63, 3.8) is 0 Å². The van der Waals surface area contributed by atoms with Gasteiger partial charge in [-0.25, -0.2) is 0 Å². The van der Waals surface area contributed by atoms with Gasteiger partial charge in [0.1, 0.15) is 11.5 Å². The van der Waals surface area contributed by atoms with Crippen molar-refractivity contribution in [3.8, 4) is 11.3 Å². The zero-order valence-electron chi connectivity index (χ0n) is 11.0.